The van der Waals surface area contributed by atoms with Gasteiger partial charge in [0.25, 0.3) is 0 Å². The summed E-state index contributed by atoms with van der Waals surface area (Å²) in [6.45, 7) is 9.38. The van der Waals surface area contributed by atoms with Crippen LogP contribution >= 0.6 is 0 Å². The Kier molecular flexibility index (Phi) is 5.44. The van der Waals surface area contributed by atoms with Gasteiger partial charge in [-0.25, -0.2) is 0 Å². The van der Waals surface area contributed by atoms with Crippen molar-refractivity contribution in [3.8, 4) is 22.3 Å². The van der Waals surface area contributed by atoms with Crippen molar-refractivity contribution in [2.75, 3.05) is 4.90 Å². The number of fused-ring (bicyclic) bond motifs is 11. The average Bonchev–Trinajstić information content (AvgIpc) is 3.69. The molecule has 48 heavy (non-hydrogen) atoms. The van der Waals surface area contributed by atoms with E-state index in [1.54, 1.807) is 0 Å². The lowest BCUT2D eigenvalue weighted by Crippen LogP contribution is -2.16. The summed E-state index contributed by atoms with van der Waals surface area (Å²) < 4.78 is 6.54. The fourth-order valence-corrected chi connectivity index (χ4v) is 8.84. The minimum atomic E-state index is -0.0511. The van der Waals surface area contributed by atoms with E-state index in [0.717, 1.165) is 49.8 Å². The molecule has 10 rings (SSSR count). The van der Waals surface area contributed by atoms with Gasteiger partial charge >= 0.3 is 0 Å². The molecule has 230 valence electrons. The molecular weight excluding hydrogens is 583 g/mol. The van der Waals surface area contributed by atoms with E-state index >= 15 is 0 Å². The van der Waals surface area contributed by atoms with Crippen LogP contribution in [0.5, 0.6) is 0 Å². The molecule has 0 bridgehead atoms. The van der Waals surface area contributed by atoms with Crippen LogP contribution in [-0.4, -0.2) is 0 Å². The third-order valence-electron chi connectivity index (χ3n) is 11.3. The molecule has 1 aromatic heterocycles. The van der Waals surface area contributed by atoms with E-state index in [9.17, 15) is 0 Å². The first-order valence-corrected chi connectivity index (χ1v) is 16.9. The maximum absolute atomic E-state index is 6.54. The van der Waals surface area contributed by atoms with E-state index in [0.29, 0.717) is 0 Å². The van der Waals surface area contributed by atoms with Crippen LogP contribution < -0.4 is 4.90 Å². The van der Waals surface area contributed by atoms with Crippen molar-refractivity contribution in [3.63, 3.8) is 0 Å². The van der Waals surface area contributed by atoms with Gasteiger partial charge in [0.2, 0.25) is 0 Å². The molecule has 8 aromatic rings. The summed E-state index contributed by atoms with van der Waals surface area (Å²) in [7, 11) is 0. The Morgan fingerprint density at radius 3 is 1.56 bits per heavy atom. The molecule has 0 aliphatic heterocycles. The van der Waals surface area contributed by atoms with Crippen LogP contribution in [-0.2, 0) is 10.8 Å². The topological polar surface area (TPSA) is 16.4 Å². The molecular formula is C46H35NO. The molecule has 7 aromatic carbocycles. The molecule has 0 radical (unpaired) electrons. The predicted molar refractivity (Wildman–Crippen MR) is 201 cm³/mol. The lowest BCUT2D eigenvalue weighted by molar-refractivity contribution is 0.660. The normalized spacial score (nSPS) is 15.0. The Hall–Kier alpha value is -5.60. The van der Waals surface area contributed by atoms with Crippen LogP contribution in [0, 0.1) is 0 Å². The maximum Gasteiger partial charge on any atom is 0.143 e. The Balaban J connectivity index is 1.25. The van der Waals surface area contributed by atoms with Crippen LogP contribution in [0.4, 0.5) is 17.1 Å². The van der Waals surface area contributed by atoms with Gasteiger partial charge in [0.15, 0.2) is 0 Å². The first-order valence-electron chi connectivity index (χ1n) is 16.9. The van der Waals surface area contributed by atoms with Crippen molar-refractivity contribution in [1.29, 1.82) is 0 Å². The van der Waals surface area contributed by atoms with E-state index in [-0.39, 0.29) is 10.8 Å². The van der Waals surface area contributed by atoms with Gasteiger partial charge in [-0.05, 0) is 87.0 Å². The average molecular weight is 618 g/mol. The number of furan rings is 1. The standard InChI is InChI=1S/C46H35NO/c1-45(2)38-16-8-5-12-30(38)36-26-28(20-24-40(36)45)47(29-21-25-41-37(27-29)31-13-6-9-17-39(31)46(41,3)4)42-18-11-15-34-32(42)22-23-35-33-14-7-10-19-43(33)48-44(34)35/h5-27H,1-4H3. The number of nitrogens with zero attached hydrogens (tertiary/aromatic N) is 1. The number of hydrogen-bond acceptors (Lipinski definition) is 2. The molecule has 0 N–H and O–H groups in total. The van der Waals surface area contributed by atoms with Crippen molar-refractivity contribution in [2.24, 2.45) is 0 Å². The molecule has 0 amide bonds. The van der Waals surface area contributed by atoms with Crippen LogP contribution in [0.1, 0.15) is 49.9 Å². The van der Waals surface area contributed by atoms with Gasteiger partial charge in [0.05, 0.1) is 5.69 Å². The van der Waals surface area contributed by atoms with Crippen LogP contribution in [0.3, 0.4) is 0 Å². The van der Waals surface area contributed by atoms with Crippen molar-refractivity contribution in [1.82, 2.24) is 0 Å². The third-order valence-corrected chi connectivity index (χ3v) is 11.3. The maximum atomic E-state index is 6.54. The fraction of sp³-hybridized carbons (Fsp3) is 0.130. The third kappa shape index (κ3) is 3.58. The fourth-order valence-electron chi connectivity index (χ4n) is 8.84. The highest BCUT2D eigenvalue weighted by Gasteiger charge is 2.37. The summed E-state index contributed by atoms with van der Waals surface area (Å²) >= 11 is 0. The molecule has 0 saturated carbocycles. The zero-order chi connectivity index (χ0) is 32.4. The molecule has 0 saturated heterocycles. The van der Waals surface area contributed by atoms with Crippen molar-refractivity contribution in [3.05, 3.63) is 162 Å². The second kappa shape index (κ2) is 9.49. The van der Waals surface area contributed by atoms with Crippen LogP contribution in [0.15, 0.2) is 144 Å². The number of para-hydroxylation sites is 1. The van der Waals surface area contributed by atoms with Gasteiger partial charge in [-0.15, -0.1) is 0 Å². The zero-order valence-electron chi connectivity index (χ0n) is 27.6. The summed E-state index contributed by atoms with van der Waals surface area (Å²) in [6, 6.07) is 51.4. The van der Waals surface area contributed by atoms with Gasteiger partial charge < -0.3 is 9.32 Å². The van der Waals surface area contributed by atoms with Crippen LogP contribution in [0.2, 0.25) is 0 Å². The zero-order valence-corrected chi connectivity index (χ0v) is 27.6. The second-order valence-corrected chi connectivity index (χ2v) is 14.5. The highest BCUT2D eigenvalue weighted by atomic mass is 16.3. The second-order valence-electron chi connectivity index (χ2n) is 14.5. The summed E-state index contributed by atoms with van der Waals surface area (Å²) in [5.74, 6) is 0. The lowest BCUT2D eigenvalue weighted by atomic mass is 9.82. The van der Waals surface area contributed by atoms with Crippen molar-refractivity contribution < 1.29 is 4.42 Å². The van der Waals surface area contributed by atoms with Crippen molar-refractivity contribution in [2.45, 2.75) is 38.5 Å². The molecule has 2 aliphatic rings. The lowest BCUT2D eigenvalue weighted by Gasteiger charge is -2.29. The quantitative estimate of drug-likeness (QED) is 0.196. The predicted octanol–water partition coefficient (Wildman–Crippen LogP) is 12.8. The molecule has 2 aliphatic carbocycles. The summed E-state index contributed by atoms with van der Waals surface area (Å²) in [4.78, 5) is 2.46. The first-order chi connectivity index (χ1) is 23.3. The molecule has 0 spiro atoms. The van der Waals surface area contributed by atoms with Crippen LogP contribution in [0.25, 0.3) is 55.0 Å². The molecule has 1 heterocycles. The summed E-state index contributed by atoms with van der Waals surface area (Å²) in [5, 5.41) is 4.57. The number of benzene rings is 7. The largest absolute Gasteiger partial charge is 0.455 e. The monoisotopic (exact) mass is 617 g/mol. The minimum absolute atomic E-state index is 0.0511. The highest BCUT2D eigenvalue weighted by molar-refractivity contribution is 6.17. The SMILES string of the molecule is CC1(C)c2ccccc2-c2cc(N(c3ccc4c(c3)-c3ccccc3C4(C)C)c3cccc4c3ccc3c5ccccc5oc43)ccc21. The number of hydrogen-bond donors (Lipinski definition) is 0. The minimum Gasteiger partial charge on any atom is -0.455 e. The molecule has 0 atom stereocenters. The Labute approximate surface area is 280 Å². The number of anilines is 3. The molecule has 2 nitrogen and oxygen atoms in total. The van der Waals surface area contributed by atoms with Gasteiger partial charge in [0, 0.05) is 43.7 Å². The Morgan fingerprint density at radius 2 is 0.917 bits per heavy atom. The summed E-state index contributed by atoms with van der Waals surface area (Å²) in [5.41, 5.74) is 16.0. The summed E-state index contributed by atoms with van der Waals surface area (Å²) in [6.07, 6.45) is 0. The van der Waals surface area contributed by atoms with Gasteiger partial charge in [-0.3, -0.25) is 0 Å². The Bertz CT molecular complexity index is 2530. The van der Waals surface area contributed by atoms with E-state index in [2.05, 4.69) is 166 Å². The van der Waals surface area contributed by atoms with E-state index in [1.807, 2.05) is 6.07 Å². The number of rotatable bonds is 3. The molecule has 0 unspecified atom stereocenters. The van der Waals surface area contributed by atoms with Crippen molar-refractivity contribution >= 4 is 49.8 Å². The van der Waals surface area contributed by atoms with Gasteiger partial charge in [-0.2, -0.15) is 0 Å². The van der Waals surface area contributed by atoms with E-state index in [4.69, 9.17) is 4.42 Å². The van der Waals surface area contributed by atoms with E-state index < -0.39 is 0 Å². The highest BCUT2D eigenvalue weighted by Crippen LogP contribution is 2.53. The van der Waals surface area contributed by atoms with E-state index in [1.165, 1.54) is 44.5 Å². The molecule has 2 heteroatoms. The first kappa shape index (κ1) is 27.5. The smallest absolute Gasteiger partial charge is 0.143 e. The van der Waals surface area contributed by atoms with Gasteiger partial charge in [-0.1, -0.05) is 125 Å². The van der Waals surface area contributed by atoms with Gasteiger partial charge in [0.1, 0.15) is 11.2 Å². The molecule has 0 fully saturated rings. The Morgan fingerprint density at radius 1 is 0.417 bits per heavy atom.